The molecule has 1 N–H and O–H groups in total. The average Bonchev–Trinajstić information content (AvgIpc) is 2.91. The van der Waals surface area contributed by atoms with Gasteiger partial charge in [0.1, 0.15) is 0 Å². The standard InChI is InChI=1S/C17H10FN3O/c1-22-16-5-11-14(6-13(16)18)20-8-12-10-3-2-9(7-19)4-15(10)21-17(11)12/h2-6,8,21H,1H3. The first-order chi connectivity index (χ1) is 10.7. The molecule has 22 heavy (non-hydrogen) atoms. The van der Waals surface area contributed by atoms with Gasteiger partial charge in [0.05, 0.1) is 29.8 Å². The Bertz CT molecular complexity index is 1090. The predicted molar refractivity (Wildman–Crippen MR) is 82.3 cm³/mol. The molecule has 2 heterocycles. The number of nitrogens with one attached hydrogen (secondary N) is 1. The Morgan fingerprint density at radius 1 is 1.18 bits per heavy atom. The van der Waals surface area contributed by atoms with Crippen molar-refractivity contribution in [3.8, 4) is 11.8 Å². The van der Waals surface area contributed by atoms with Crippen LogP contribution in [0.4, 0.5) is 4.39 Å². The third-order valence-electron chi connectivity index (χ3n) is 3.84. The number of H-pyrrole nitrogens is 1. The number of benzene rings is 2. The second-order valence-corrected chi connectivity index (χ2v) is 5.05. The fourth-order valence-corrected chi connectivity index (χ4v) is 2.78. The van der Waals surface area contributed by atoms with Crippen LogP contribution in [0.5, 0.6) is 5.75 Å². The zero-order chi connectivity index (χ0) is 15.3. The van der Waals surface area contributed by atoms with Crippen LogP contribution in [0.2, 0.25) is 0 Å². The lowest BCUT2D eigenvalue weighted by atomic mass is 10.1. The highest BCUT2D eigenvalue weighted by molar-refractivity contribution is 6.16. The SMILES string of the molecule is COc1cc2c(cc1F)ncc1c3ccc(C#N)cc3[nH]c21. The minimum atomic E-state index is -0.440. The van der Waals surface area contributed by atoms with E-state index in [4.69, 9.17) is 10.00 Å². The zero-order valence-corrected chi connectivity index (χ0v) is 11.6. The molecule has 2 aromatic carbocycles. The summed E-state index contributed by atoms with van der Waals surface area (Å²) in [6, 6.07) is 10.6. The van der Waals surface area contributed by atoms with Crippen molar-refractivity contribution in [2.75, 3.05) is 7.11 Å². The lowest BCUT2D eigenvalue weighted by Gasteiger charge is -2.04. The molecule has 5 heteroatoms. The largest absolute Gasteiger partial charge is 0.494 e. The summed E-state index contributed by atoms with van der Waals surface area (Å²) >= 11 is 0. The molecule has 0 atom stereocenters. The molecule has 0 spiro atoms. The Balaban J connectivity index is 2.17. The molecule has 0 bridgehead atoms. The van der Waals surface area contributed by atoms with Crippen molar-refractivity contribution in [2.24, 2.45) is 0 Å². The second-order valence-electron chi connectivity index (χ2n) is 5.05. The van der Waals surface area contributed by atoms with Crippen LogP contribution < -0.4 is 4.74 Å². The molecule has 0 saturated carbocycles. The topological polar surface area (TPSA) is 61.7 Å². The van der Waals surface area contributed by atoms with Crippen molar-refractivity contribution in [1.29, 1.82) is 5.26 Å². The molecular formula is C17H10FN3O. The van der Waals surface area contributed by atoms with Crippen molar-refractivity contribution >= 4 is 32.7 Å². The summed E-state index contributed by atoms with van der Waals surface area (Å²) in [6.07, 6.45) is 1.72. The first-order valence-electron chi connectivity index (χ1n) is 6.69. The summed E-state index contributed by atoms with van der Waals surface area (Å²) in [5.41, 5.74) is 2.85. The van der Waals surface area contributed by atoms with Crippen LogP contribution in [0.3, 0.4) is 0 Å². The van der Waals surface area contributed by atoms with Crippen molar-refractivity contribution in [1.82, 2.24) is 9.97 Å². The number of nitrogens with zero attached hydrogens (tertiary/aromatic N) is 2. The molecule has 0 aliphatic carbocycles. The third kappa shape index (κ3) is 1.64. The third-order valence-corrected chi connectivity index (χ3v) is 3.84. The number of methoxy groups -OCH3 is 1. The van der Waals surface area contributed by atoms with Gasteiger partial charge in [-0.25, -0.2) is 4.39 Å². The number of pyridine rings is 1. The molecule has 0 saturated heterocycles. The van der Waals surface area contributed by atoms with Gasteiger partial charge in [0.15, 0.2) is 11.6 Å². The van der Waals surface area contributed by atoms with Gasteiger partial charge in [-0.1, -0.05) is 6.07 Å². The first kappa shape index (κ1) is 12.6. The van der Waals surface area contributed by atoms with Crippen LogP contribution in [-0.2, 0) is 0 Å². The van der Waals surface area contributed by atoms with E-state index in [-0.39, 0.29) is 5.75 Å². The van der Waals surface area contributed by atoms with E-state index >= 15 is 0 Å². The van der Waals surface area contributed by atoms with Crippen LogP contribution in [0.25, 0.3) is 32.7 Å². The van der Waals surface area contributed by atoms with Crippen LogP contribution >= 0.6 is 0 Å². The number of aromatic nitrogens is 2. The quantitative estimate of drug-likeness (QED) is 0.578. The van der Waals surface area contributed by atoms with Crippen molar-refractivity contribution < 1.29 is 9.13 Å². The van der Waals surface area contributed by atoms with E-state index in [1.54, 1.807) is 24.4 Å². The molecule has 0 aliphatic rings. The molecule has 0 unspecified atom stereocenters. The number of halogens is 1. The first-order valence-corrected chi connectivity index (χ1v) is 6.69. The Hall–Kier alpha value is -3.13. The fourth-order valence-electron chi connectivity index (χ4n) is 2.78. The van der Waals surface area contributed by atoms with Gasteiger partial charge in [0, 0.05) is 33.9 Å². The summed E-state index contributed by atoms with van der Waals surface area (Å²) in [4.78, 5) is 7.63. The lowest BCUT2D eigenvalue weighted by molar-refractivity contribution is 0.387. The van der Waals surface area contributed by atoms with Gasteiger partial charge in [-0.3, -0.25) is 4.98 Å². The highest BCUT2D eigenvalue weighted by atomic mass is 19.1. The Kier molecular flexibility index (Phi) is 2.54. The molecule has 0 amide bonds. The maximum atomic E-state index is 13.8. The lowest BCUT2D eigenvalue weighted by Crippen LogP contribution is -1.90. The molecular weight excluding hydrogens is 281 g/mol. The summed E-state index contributed by atoms with van der Waals surface area (Å²) < 4.78 is 18.9. The highest BCUT2D eigenvalue weighted by Gasteiger charge is 2.12. The molecule has 4 rings (SSSR count). The number of fused-ring (bicyclic) bond motifs is 5. The smallest absolute Gasteiger partial charge is 0.167 e. The molecule has 106 valence electrons. The highest BCUT2D eigenvalue weighted by Crippen LogP contribution is 2.33. The number of aromatic amines is 1. The Morgan fingerprint density at radius 3 is 2.82 bits per heavy atom. The number of rotatable bonds is 1. The van der Waals surface area contributed by atoms with Gasteiger partial charge in [0.25, 0.3) is 0 Å². The summed E-state index contributed by atoms with van der Waals surface area (Å²) in [6.45, 7) is 0. The van der Waals surface area contributed by atoms with Gasteiger partial charge >= 0.3 is 0 Å². The second kappa shape index (κ2) is 4.43. The fraction of sp³-hybridized carbons (Fsp3) is 0.0588. The van der Waals surface area contributed by atoms with E-state index in [2.05, 4.69) is 16.0 Å². The Labute approximate surface area is 124 Å². The van der Waals surface area contributed by atoms with E-state index in [1.165, 1.54) is 13.2 Å². The maximum absolute atomic E-state index is 13.8. The van der Waals surface area contributed by atoms with Crippen molar-refractivity contribution in [3.05, 3.63) is 47.9 Å². The number of hydrogen-bond donors (Lipinski definition) is 1. The molecule has 0 aliphatic heterocycles. The van der Waals surface area contributed by atoms with E-state index in [1.807, 2.05) is 6.07 Å². The number of ether oxygens (including phenoxy) is 1. The van der Waals surface area contributed by atoms with Gasteiger partial charge in [-0.05, 0) is 18.2 Å². The van der Waals surface area contributed by atoms with Crippen LogP contribution in [0, 0.1) is 17.1 Å². The van der Waals surface area contributed by atoms with E-state index < -0.39 is 5.82 Å². The van der Waals surface area contributed by atoms with Crippen LogP contribution in [0.1, 0.15) is 5.56 Å². The minimum Gasteiger partial charge on any atom is -0.494 e. The van der Waals surface area contributed by atoms with Crippen LogP contribution in [0.15, 0.2) is 36.5 Å². The van der Waals surface area contributed by atoms with E-state index in [0.717, 1.165) is 27.2 Å². The molecule has 0 fully saturated rings. The number of hydrogen-bond acceptors (Lipinski definition) is 3. The average molecular weight is 291 g/mol. The molecule has 0 radical (unpaired) electrons. The van der Waals surface area contributed by atoms with Crippen molar-refractivity contribution in [2.45, 2.75) is 0 Å². The van der Waals surface area contributed by atoms with Gasteiger partial charge in [0.2, 0.25) is 0 Å². The predicted octanol–water partition coefficient (Wildman–Crippen LogP) is 3.89. The molecule has 4 aromatic rings. The van der Waals surface area contributed by atoms with Gasteiger partial charge < -0.3 is 9.72 Å². The molecule has 4 nitrogen and oxygen atoms in total. The van der Waals surface area contributed by atoms with Crippen LogP contribution in [-0.4, -0.2) is 17.1 Å². The normalized spacial score (nSPS) is 11.1. The summed E-state index contributed by atoms with van der Waals surface area (Å²) in [5, 5.41) is 11.7. The minimum absolute atomic E-state index is 0.179. The van der Waals surface area contributed by atoms with E-state index in [9.17, 15) is 4.39 Å². The summed E-state index contributed by atoms with van der Waals surface area (Å²) in [5.74, 6) is -0.261. The molecule has 2 aromatic heterocycles. The maximum Gasteiger partial charge on any atom is 0.167 e. The van der Waals surface area contributed by atoms with Gasteiger partial charge in [-0.2, -0.15) is 5.26 Å². The monoisotopic (exact) mass is 291 g/mol. The van der Waals surface area contributed by atoms with Crippen molar-refractivity contribution in [3.63, 3.8) is 0 Å². The number of nitriles is 1. The zero-order valence-electron chi connectivity index (χ0n) is 11.6. The van der Waals surface area contributed by atoms with E-state index in [0.29, 0.717) is 11.1 Å². The summed E-state index contributed by atoms with van der Waals surface area (Å²) in [7, 11) is 1.43. The Morgan fingerprint density at radius 2 is 2.05 bits per heavy atom. The van der Waals surface area contributed by atoms with Gasteiger partial charge in [-0.15, -0.1) is 0 Å².